The van der Waals surface area contributed by atoms with Crippen LogP contribution in [0.5, 0.6) is 5.75 Å². The molecule has 0 saturated carbocycles. The number of nitrogens with zero attached hydrogens (tertiary/aromatic N) is 4. The Kier molecular flexibility index (Phi) is 7.13. The summed E-state index contributed by atoms with van der Waals surface area (Å²) in [6.07, 6.45) is 4.33. The smallest absolute Gasteiger partial charge is 0.410 e. The summed E-state index contributed by atoms with van der Waals surface area (Å²) in [6, 6.07) is 9.81. The van der Waals surface area contributed by atoms with Crippen LogP contribution in [0, 0.1) is 11.3 Å². The highest BCUT2D eigenvalue weighted by atomic mass is 32.1. The van der Waals surface area contributed by atoms with Gasteiger partial charge in [0.15, 0.2) is 6.61 Å². The quantitative estimate of drug-likeness (QED) is 0.554. The van der Waals surface area contributed by atoms with E-state index in [-0.39, 0.29) is 18.9 Å². The predicted octanol–water partition coefficient (Wildman–Crippen LogP) is 3.63. The molecule has 0 unspecified atom stereocenters. The Balaban J connectivity index is 1.38. The largest absolute Gasteiger partial charge is 0.496 e. The Labute approximate surface area is 201 Å². The van der Waals surface area contributed by atoms with E-state index >= 15 is 0 Å². The topological polar surface area (TPSA) is 109 Å². The van der Waals surface area contributed by atoms with Crippen molar-refractivity contribution in [3.63, 3.8) is 0 Å². The summed E-state index contributed by atoms with van der Waals surface area (Å²) in [5.74, 6) is 1.23. The number of hydrogen-bond acceptors (Lipinski definition) is 7. The summed E-state index contributed by atoms with van der Waals surface area (Å²) >= 11 is 1.34. The molecular formula is C24H25N5O4S. The first-order valence-electron chi connectivity index (χ1n) is 10.8. The number of hydrogen-bond donors (Lipinski definition) is 1. The van der Waals surface area contributed by atoms with Crippen LogP contribution in [-0.4, -0.2) is 40.1 Å². The molecule has 0 bridgehead atoms. The molecule has 0 saturated heterocycles. The Morgan fingerprint density at radius 1 is 1.32 bits per heavy atom. The molecule has 10 heteroatoms. The highest BCUT2D eigenvalue weighted by molar-refractivity contribution is 7.16. The molecule has 34 heavy (non-hydrogen) atoms. The first-order chi connectivity index (χ1) is 16.5. The lowest BCUT2D eigenvalue weighted by Crippen LogP contribution is -2.36. The van der Waals surface area contributed by atoms with E-state index in [1.54, 1.807) is 29.0 Å². The molecule has 176 valence electrons. The van der Waals surface area contributed by atoms with Crippen molar-refractivity contribution in [2.24, 2.45) is 7.05 Å². The van der Waals surface area contributed by atoms with Gasteiger partial charge in [-0.15, -0.1) is 11.3 Å². The van der Waals surface area contributed by atoms with Gasteiger partial charge in [-0.05, 0) is 30.0 Å². The maximum absolute atomic E-state index is 12.6. The number of nitriles is 1. The van der Waals surface area contributed by atoms with Crippen molar-refractivity contribution in [3.05, 3.63) is 64.1 Å². The van der Waals surface area contributed by atoms with Gasteiger partial charge in [0.25, 0.3) is 0 Å². The highest BCUT2D eigenvalue weighted by Crippen LogP contribution is 2.37. The van der Waals surface area contributed by atoms with Gasteiger partial charge in [-0.3, -0.25) is 4.79 Å². The number of thiophene rings is 1. The van der Waals surface area contributed by atoms with E-state index in [2.05, 4.69) is 16.4 Å². The zero-order valence-electron chi connectivity index (χ0n) is 19.0. The van der Waals surface area contributed by atoms with Gasteiger partial charge in [-0.2, -0.15) is 5.26 Å². The number of carbonyl (C=O) groups is 2. The Morgan fingerprint density at radius 2 is 2.15 bits per heavy atom. The standard InChI is InChI=1S/C24H25N5O4S/c1-28-12-10-26-21(28)15-33-24(31)29-11-9-17-18(13-25)23(34-20(17)14-29)27-22(30)8-7-16-5-3-4-6-19(16)32-2/h3-6,10,12H,7-9,11,14-15H2,1-2H3,(H,27,30). The molecule has 0 aliphatic carbocycles. The number of amides is 2. The minimum Gasteiger partial charge on any atom is -0.496 e. The zero-order chi connectivity index (χ0) is 24.1. The van der Waals surface area contributed by atoms with Crippen LogP contribution >= 0.6 is 11.3 Å². The van der Waals surface area contributed by atoms with E-state index in [1.807, 2.05) is 31.3 Å². The van der Waals surface area contributed by atoms with Gasteiger partial charge in [0.05, 0.1) is 19.2 Å². The fraction of sp³-hybridized carbons (Fsp3) is 0.333. The number of imidazole rings is 1. The molecule has 1 aliphatic heterocycles. The number of nitrogens with one attached hydrogen (secondary N) is 1. The Morgan fingerprint density at radius 3 is 2.88 bits per heavy atom. The Hall–Kier alpha value is -3.84. The lowest BCUT2D eigenvalue weighted by Gasteiger charge is -2.26. The number of aryl methyl sites for hydroxylation is 2. The average Bonchev–Trinajstić information content (AvgIpc) is 3.42. The van der Waals surface area contributed by atoms with E-state index in [4.69, 9.17) is 9.47 Å². The lowest BCUT2D eigenvalue weighted by atomic mass is 10.0. The SMILES string of the molecule is COc1ccccc1CCC(=O)Nc1sc2c(c1C#N)CCN(C(=O)OCc1nccn1C)C2. The third-order valence-corrected chi connectivity index (χ3v) is 6.87. The van der Waals surface area contributed by atoms with Crippen LogP contribution in [0.25, 0.3) is 0 Å². The van der Waals surface area contributed by atoms with Crippen molar-refractivity contribution in [3.8, 4) is 11.8 Å². The number of methoxy groups -OCH3 is 1. The summed E-state index contributed by atoms with van der Waals surface area (Å²) < 4.78 is 12.5. The van der Waals surface area contributed by atoms with Gasteiger partial charge < -0.3 is 24.3 Å². The summed E-state index contributed by atoms with van der Waals surface area (Å²) in [4.78, 5) is 31.8. The van der Waals surface area contributed by atoms with Crippen molar-refractivity contribution in [2.45, 2.75) is 32.4 Å². The summed E-state index contributed by atoms with van der Waals surface area (Å²) in [5, 5.41) is 13.1. The first-order valence-corrected chi connectivity index (χ1v) is 11.7. The van der Waals surface area contributed by atoms with Gasteiger partial charge in [0, 0.05) is 37.3 Å². The molecule has 0 fully saturated rings. The van der Waals surface area contributed by atoms with Crippen LogP contribution in [0.15, 0.2) is 36.7 Å². The minimum atomic E-state index is -0.428. The van der Waals surface area contributed by atoms with Crippen LogP contribution in [0.1, 0.15) is 33.8 Å². The van der Waals surface area contributed by atoms with E-state index in [1.165, 1.54) is 11.3 Å². The molecule has 0 radical (unpaired) electrons. The average molecular weight is 480 g/mol. The van der Waals surface area contributed by atoms with Crippen molar-refractivity contribution < 1.29 is 19.1 Å². The van der Waals surface area contributed by atoms with E-state index in [0.717, 1.165) is 21.8 Å². The number of anilines is 1. The molecule has 1 aromatic carbocycles. The van der Waals surface area contributed by atoms with Crippen LogP contribution < -0.4 is 10.1 Å². The Bertz CT molecular complexity index is 1240. The lowest BCUT2D eigenvalue weighted by molar-refractivity contribution is -0.116. The van der Waals surface area contributed by atoms with Crippen LogP contribution in [0.2, 0.25) is 0 Å². The van der Waals surface area contributed by atoms with Gasteiger partial charge in [-0.25, -0.2) is 9.78 Å². The molecule has 0 spiro atoms. The summed E-state index contributed by atoms with van der Waals surface area (Å²) in [5.41, 5.74) is 2.32. The zero-order valence-corrected chi connectivity index (χ0v) is 19.9. The van der Waals surface area contributed by atoms with Crippen LogP contribution in [0.4, 0.5) is 9.80 Å². The fourth-order valence-corrected chi connectivity index (χ4v) is 5.10. The van der Waals surface area contributed by atoms with Gasteiger partial charge in [0.2, 0.25) is 5.91 Å². The maximum Gasteiger partial charge on any atom is 0.410 e. The molecule has 3 heterocycles. The van der Waals surface area contributed by atoms with E-state index in [9.17, 15) is 14.9 Å². The molecule has 2 amide bonds. The molecule has 4 rings (SSSR count). The summed E-state index contributed by atoms with van der Waals surface area (Å²) in [6.45, 7) is 0.872. The molecule has 1 aliphatic rings. The molecule has 1 N–H and O–H groups in total. The normalized spacial score (nSPS) is 12.6. The molecule has 2 aromatic heterocycles. The number of benzene rings is 1. The van der Waals surface area contributed by atoms with E-state index in [0.29, 0.717) is 42.3 Å². The van der Waals surface area contributed by atoms with Crippen LogP contribution in [-0.2, 0) is 42.6 Å². The monoisotopic (exact) mass is 479 g/mol. The van der Waals surface area contributed by atoms with Crippen molar-refractivity contribution in [2.75, 3.05) is 19.0 Å². The van der Waals surface area contributed by atoms with Crippen molar-refractivity contribution in [1.82, 2.24) is 14.5 Å². The minimum absolute atomic E-state index is 0.0904. The molecule has 0 atom stereocenters. The van der Waals surface area contributed by atoms with Gasteiger partial charge in [-0.1, -0.05) is 18.2 Å². The second-order valence-corrected chi connectivity index (χ2v) is 8.97. The van der Waals surface area contributed by atoms with Gasteiger partial charge >= 0.3 is 6.09 Å². The first kappa shape index (κ1) is 23.3. The second-order valence-electron chi connectivity index (χ2n) is 7.86. The molecule has 3 aromatic rings. The predicted molar refractivity (Wildman–Crippen MR) is 126 cm³/mol. The third kappa shape index (κ3) is 5.05. The second kappa shape index (κ2) is 10.4. The number of para-hydroxylation sites is 1. The summed E-state index contributed by atoms with van der Waals surface area (Å²) in [7, 11) is 3.44. The van der Waals surface area contributed by atoms with Crippen LogP contribution in [0.3, 0.4) is 0 Å². The fourth-order valence-electron chi connectivity index (χ4n) is 3.87. The maximum atomic E-state index is 12.6. The number of ether oxygens (including phenoxy) is 2. The molecular weight excluding hydrogens is 454 g/mol. The number of rotatable bonds is 7. The number of fused-ring (bicyclic) bond motifs is 1. The van der Waals surface area contributed by atoms with E-state index < -0.39 is 6.09 Å². The van der Waals surface area contributed by atoms with Gasteiger partial charge in [0.1, 0.15) is 22.6 Å². The number of carbonyl (C=O) groups excluding carboxylic acids is 2. The number of aromatic nitrogens is 2. The van der Waals surface area contributed by atoms with Crippen molar-refractivity contribution in [1.29, 1.82) is 5.26 Å². The van der Waals surface area contributed by atoms with Crippen molar-refractivity contribution >= 4 is 28.3 Å². The third-order valence-electron chi connectivity index (χ3n) is 5.74. The highest BCUT2D eigenvalue weighted by Gasteiger charge is 2.28. The molecule has 9 nitrogen and oxygen atoms in total.